The quantitative estimate of drug-likeness (QED) is 0.748. The van der Waals surface area contributed by atoms with Gasteiger partial charge in [-0.2, -0.15) is 5.26 Å². The minimum absolute atomic E-state index is 0.289. The highest BCUT2D eigenvalue weighted by molar-refractivity contribution is 5.73. The molecule has 0 unspecified atom stereocenters. The fourth-order valence-corrected chi connectivity index (χ4v) is 1.44. The van der Waals surface area contributed by atoms with E-state index in [9.17, 15) is 0 Å². The van der Waals surface area contributed by atoms with E-state index in [1.54, 1.807) is 0 Å². The molecule has 0 atom stereocenters. The van der Waals surface area contributed by atoms with Crippen molar-refractivity contribution in [2.45, 2.75) is 26.2 Å². The molecule has 76 valence electrons. The molecule has 0 aliphatic heterocycles. The minimum Gasteiger partial charge on any atom is -0.440 e. The second-order valence-corrected chi connectivity index (χ2v) is 3.84. The minimum atomic E-state index is 0.289. The molecule has 0 fully saturated rings. The molecular formula is C12H12N2O. The first kappa shape index (κ1) is 9.72. The van der Waals surface area contributed by atoms with Gasteiger partial charge in [0.05, 0.1) is 12.5 Å². The Balaban J connectivity index is 2.48. The summed E-state index contributed by atoms with van der Waals surface area (Å²) in [7, 11) is 0. The summed E-state index contributed by atoms with van der Waals surface area (Å²) in [5.74, 6) is 1.04. The molecule has 3 heteroatoms. The average molecular weight is 200 g/mol. The third-order valence-electron chi connectivity index (χ3n) is 2.25. The zero-order valence-corrected chi connectivity index (χ0v) is 8.82. The Morgan fingerprint density at radius 3 is 2.93 bits per heavy atom. The highest BCUT2D eigenvalue weighted by Crippen LogP contribution is 2.21. The second-order valence-electron chi connectivity index (χ2n) is 3.84. The molecule has 3 nitrogen and oxygen atoms in total. The Morgan fingerprint density at radius 1 is 1.47 bits per heavy atom. The van der Waals surface area contributed by atoms with Gasteiger partial charge in [0.15, 0.2) is 11.5 Å². The maximum Gasteiger partial charge on any atom is 0.198 e. The van der Waals surface area contributed by atoms with Crippen molar-refractivity contribution in [3.05, 3.63) is 29.7 Å². The lowest BCUT2D eigenvalue weighted by molar-refractivity contribution is 0.501. The molecule has 0 aliphatic rings. The maximum atomic E-state index is 8.59. The van der Waals surface area contributed by atoms with Gasteiger partial charge in [0.1, 0.15) is 5.52 Å². The van der Waals surface area contributed by atoms with Crippen LogP contribution in [0, 0.1) is 11.3 Å². The molecule has 0 amide bonds. The maximum absolute atomic E-state index is 8.59. The van der Waals surface area contributed by atoms with Gasteiger partial charge < -0.3 is 4.42 Å². The number of hydrogen-bond acceptors (Lipinski definition) is 3. The second kappa shape index (κ2) is 3.74. The lowest BCUT2D eigenvalue weighted by atomic mass is 10.1. The number of aromatic nitrogens is 1. The number of nitriles is 1. The van der Waals surface area contributed by atoms with Crippen LogP contribution in [0.1, 0.15) is 31.2 Å². The SMILES string of the molecule is CC(C)c1nc2cc(CC#N)ccc2o1. The largest absolute Gasteiger partial charge is 0.440 e. The van der Waals surface area contributed by atoms with Crippen LogP contribution in [-0.4, -0.2) is 4.98 Å². The van der Waals surface area contributed by atoms with Gasteiger partial charge in [0.2, 0.25) is 0 Å². The van der Waals surface area contributed by atoms with Crippen LogP contribution in [0.4, 0.5) is 0 Å². The molecule has 1 heterocycles. The molecule has 0 bridgehead atoms. The van der Waals surface area contributed by atoms with Crippen molar-refractivity contribution in [2.24, 2.45) is 0 Å². The van der Waals surface area contributed by atoms with Gasteiger partial charge in [-0.3, -0.25) is 0 Å². The van der Waals surface area contributed by atoms with Crippen molar-refractivity contribution in [3.8, 4) is 6.07 Å². The molecule has 0 spiro atoms. The van der Waals surface area contributed by atoms with Crippen LogP contribution >= 0.6 is 0 Å². The Hall–Kier alpha value is -1.82. The molecule has 1 aromatic carbocycles. The number of rotatable bonds is 2. The predicted octanol–water partition coefficient (Wildman–Crippen LogP) is 3.02. The number of nitrogens with zero attached hydrogens (tertiary/aromatic N) is 2. The van der Waals surface area contributed by atoms with Crippen LogP contribution in [0.3, 0.4) is 0 Å². The average Bonchev–Trinajstić information content (AvgIpc) is 2.61. The molecular weight excluding hydrogens is 188 g/mol. The number of fused-ring (bicyclic) bond motifs is 1. The van der Waals surface area contributed by atoms with Crippen molar-refractivity contribution in [1.29, 1.82) is 5.26 Å². The summed E-state index contributed by atoms with van der Waals surface area (Å²) in [6.07, 6.45) is 0.416. The Bertz CT molecular complexity index is 520. The van der Waals surface area contributed by atoms with E-state index >= 15 is 0 Å². The smallest absolute Gasteiger partial charge is 0.198 e. The molecule has 0 radical (unpaired) electrons. The lowest BCUT2D eigenvalue weighted by Gasteiger charge is -1.93. The van der Waals surface area contributed by atoms with Crippen LogP contribution in [0.15, 0.2) is 22.6 Å². The summed E-state index contributed by atoms with van der Waals surface area (Å²) < 4.78 is 5.57. The monoisotopic (exact) mass is 200 g/mol. The summed E-state index contributed by atoms with van der Waals surface area (Å²) in [6.45, 7) is 4.09. The third-order valence-corrected chi connectivity index (χ3v) is 2.25. The zero-order chi connectivity index (χ0) is 10.8. The molecule has 2 aromatic rings. The molecule has 2 rings (SSSR count). The normalized spacial score (nSPS) is 10.8. The number of oxazole rings is 1. The van der Waals surface area contributed by atoms with Gasteiger partial charge in [0.25, 0.3) is 0 Å². The van der Waals surface area contributed by atoms with E-state index in [1.807, 2.05) is 32.0 Å². The first-order valence-electron chi connectivity index (χ1n) is 4.97. The highest BCUT2D eigenvalue weighted by Gasteiger charge is 2.09. The van der Waals surface area contributed by atoms with Gasteiger partial charge in [-0.25, -0.2) is 4.98 Å². The van der Waals surface area contributed by atoms with E-state index in [1.165, 1.54) is 0 Å². The van der Waals surface area contributed by atoms with Gasteiger partial charge in [-0.1, -0.05) is 19.9 Å². The first-order valence-corrected chi connectivity index (χ1v) is 4.97. The Morgan fingerprint density at radius 2 is 2.27 bits per heavy atom. The van der Waals surface area contributed by atoms with E-state index in [0.717, 1.165) is 22.6 Å². The fourth-order valence-electron chi connectivity index (χ4n) is 1.44. The highest BCUT2D eigenvalue weighted by atomic mass is 16.3. The van der Waals surface area contributed by atoms with Crippen LogP contribution in [-0.2, 0) is 6.42 Å². The Kier molecular flexibility index (Phi) is 2.42. The van der Waals surface area contributed by atoms with Gasteiger partial charge in [0, 0.05) is 5.92 Å². The van der Waals surface area contributed by atoms with Crippen molar-refractivity contribution in [1.82, 2.24) is 4.98 Å². The van der Waals surface area contributed by atoms with Crippen molar-refractivity contribution in [2.75, 3.05) is 0 Å². The van der Waals surface area contributed by atoms with Crippen LogP contribution in [0.5, 0.6) is 0 Å². The first-order chi connectivity index (χ1) is 7.20. The summed E-state index contributed by atoms with van der Waals surface area (Å²) in [5, 5.41) is 8.59. The zero-order valence-electron chi connectivity index (χ0n) is 8.82. The fraction of sp³-hybridized carbons (Fsp3) is 0.333. The standard InChI is InChI=1S/C12H12N2O/c1-8(2)12-14-10-7-9(5-6-13)3-4-11(10)15-12/h3-4,7-8H,5H2,1-2H3. The van der Waals surface area contributed by atoms with E-state index in [-0.39, 0.29) is 5.92 Å². The summed E-state index contributed by atoms with van der Waals surface area (Å²) in [6, 6.07) is 7.81. The summed E-state index contributed by atoms with van der Waals surface area (Å²) in [5.41, 5.74) is 2.61. The van der Waals surface area contributed by atoms with Crippen molar-refractivity contribution >= 4 is 11.1 Å². The van der Waals surface area contributed by atoms with Crippen LogP contribution in [0.2, 0.25) is 0 Å². The molecule has 15 heavy (non-hydrogen) atoms. The van der Waals surface area contributed by atoms with E-state index < -0.39 is 0 Å². The van der Waals surface area contributed by atoms with Gasteiger partial charge >= 0.3 is 0 Å². The lowest BCUT2D eigenvalue weighted by Crippen LogP contribution is -1.85. The van der Waals surface area contributed by atoms with Crippen molar-refractivity contribution in [3.63, 3.8) is 0 Å². The summed E-state index contributed by atoms with van der Waals surface area (Å²) in [4.78, 5) is 4.38. The van der Waals surface area contributed by atoms with E-state index in [4.69, 9.17) is 9.68 Å². The number of hydrogen-bond donors (Lipinski definition) is 0. The van der Waals surface area contributed by atoms with E-state index in [0.29, 0.717) is 6.42 Å². The Labute approximate surface area is 88.3 Å². The summed E-state index contributed by atoms with van der Waals surface area (Å²) >= 11 is 0. The molecule has 0 saturated heterocycles. The predicted molar refractivity (Wildman–Crippen MR) is 57.4 cm³/mol. The van der Waals surface area contributed by atoms with E-state index in [2.05, 4.69) is 11.1 Å². The molecule has 1 aromatic heterocycles. The van der Waals surface area contributed by atoms with Crippen LogP contribution in [0.25, 0.3) is 11.1 Å². The van der Waals surface area contributed by atoms with Gasteiger partial charge in [-0.15, -0.1) is 0 Å². The number of benzene rings is 1. The molecule has 0 N–H and O–H groups in total. The third kappa shape index (κ3) is 1.84. The van der Waals surface area contributed by atoms with Crippen LogP contribution < -0.4 is 0 Å². The van der Waals surface area contributed by atoms with Crippen molar-refractivity contribution < 1.29 is 4.42 Å². The van der Waals surface area contributed by atoms with Gasteiger partial charge in [-0.05, 0) is 17.7 Å². The topological polar surface area (TPSA) is 49.8 Å². The molecule has 0 saturated carbocycles. The molecule has 0 aliphatic carbocycles.